The monoisotopic (exact) mass is 192 g/mol. The molecule has 5 nitrogen and oxygen atoms in total. The van der Waals surface area contributed by atoms with Gasteiger partial charge < -0.3 is 24.4 Å². The average molecular weight is 192 g/mol. The summed E-state index contributed by atoms with van der Waals surface area (Å²) in [5.41, 5.74) is 0. The van der Waals surface area contributed by atoms with Gasteiger partial charge in [-0.05, 0) is 0 Å². The predicted octanol–water partition coefficient (Wildman–Crippen LogP) is -0.884. The average Bonchev–Trinajstić information content (AvgIpc) is 2.16. The van der Waals surface area contributed by atoms with Gasteiger partial charge in [-0.3, -0.25) is 0 Å². The van der Waals surface area contributed by atoms with Crippen LogP contribution in [0.3, 0.4) is 0 Å². The second-order valence-electron chi connectivity index (χ2n) is 3.04. The lowest BCUT2D eigenvalue weighted by molar-refractivity contribution is -0.262. The highest BCUT2D eigenvalue weighted by Crippen LogP contribution is 2.22. The number of ether oxygens (including phenoxy) is 3. The summed E-state index contributed by atoms with van der Waals surface area (Å²) < 4.78 is 15.2. The van der Waals surface area contributed by atoms with Crippen molar-refractivity contribution in [2.24, 2.45) is 0 Å². The van der Waals surface area contributed by atoms with E-state index < -0.39 is 12.4 Å². The zero-order valence-corrected chi connectivity index (χ0v) is 7.84. The van der Waals surface area contributed by atoms with Gasteiger partial charge in [0.1, 0.15) is 6.10 Å². The topological polar surface area (TPSA) is 68.2 Å². The Bertz CT molecular complexity index is 151. The molecule has 1 saturated heterocycles. The van der Waals surface area contributed by atoms with E-state index in [1.54, 1.807) is 7.11 Å². The van der Waals surface area contributed by atoms with E-state index in [1.807, 2.05) is 0 Å². The van der Waals surface area contributed by atoms with Crippen LogP contribution < -0.4 is 0 Å². The summed E-state index contributed by atoms with van der Waals surface area (Å²) >= 11 is 0. The van der Waals surface area contributed by atoms with E-state index >= 15 is 0 Å². The van der Waals surface area contributed by atoms with Gasteiger partial charge in [0.2, 0.25) is 0 Å². The maximum atomic E-state index is 9.43. The zero-order chi connectivity index (χ0) is 9.84. The van der Waals surface area contributed by atoms with E-state index in [4.69, 9.17) is 19.3 Å². The third-order valence-corrected chi connectivity index (χ3v) is 2.25. The fourth-order valence-corrected chi connectivity index (χ4v) is 1.52. The smallest absolute Gasteiger partial charge is 0.184 e. The first-order chi connectivity index (χ1) is 6.22. The Hall–Kier alpha value is -0.200. The lowest BCUT2D eigenvalue weighted by atomic mass is 10.0. The first-order valence-corrected chi connectivity index (χ1v) is 4.23. The highest BCUT2D eigenvalue weighted by atomic mass is 16.7. The van der Waals surface area contributed by atoms with Crippen molar-refractivity contribution in [2.75, 3.05) is 20.8 Å². The van der Waals surface area contributed by atoms with Crippen LogP contribution in [0.1, 0.15) is 6.42 Å². The number of hydrogen-bond donors (Lipinski definition) is 2. The Kier molecular flexibility index (Phi) is 4.08. The lowest BCUT2D eigenvalue weighted by Gasteiger charge is -2.37. The van der Waals surface area contributed by atoms with Crippen LogP contribution in [0.5, 0.6) is 0 Å². The summed E-state index contributed by atoms with van der Waals surface area (Å²) in [7, 11) is 3.03. The van der Waals surface area contributed by atoms with Crippen molar-refractivity contribution >= 4 is 0 Å². The van der Waals surface area contributed by atoms with Gasteiger partial charge in [-0.1, -0.05) is 0 Å². The van der Waals surface area contributed by atoms with Crippen molar-refractivity contribution in [2.45, 2.75) is 31.0 Å². The molecule has 0 aliphatic carbocycles. The van der Waals surface area contributed by atoms with Crippen LogP contribution in [-0.4, -0.2) is 55.6 Å². The highest BCUT2D eigenvalue weighted by Gasteiger charge is 2.37. The summed E-state index contributed by atoms with van der Waals surface area (Å²) in [5, 5.41) is 18.3. The van der Waals surface area contributed by atoms with Crippen LogP contribution in [0.25, 0.3) is 0 Å². The fourth-order valence-electron chi connectivity index (χ4n) is 1.52. The van der Waals surface area contributed by atoms with Crippen LogP contribution in [-0.2, 0) is 14.2 Å². The first kappa shape index (κ1) is 10.9. The van der Waals surface area contributed by atoms with Gasteiger partial charge in [0.05, 0.1) is 18.8 Å². The molecular formula is C8H16O5. The second-order valence-corrected chi connectivity index (χ2v) is 3.04. The van der Waals surface area contributed by atoms with Gasteiger partial charge in [-0.25, -0.2) is 0 Å². The van der Waals surface area contributed by atoms with Gasteiger partial charge >= 0.3 is 0 Å². The van der Waals surface area contributed by atoms with Gasteiger partial charge in [0.25, 0.3) is 0 Å². The highest BCUT2D eigenvalue weighted by molar-refractivity contribution is 4.82. The van der Waals surface area contributed by atoms with E-state index in [9.17, 15) is 5.11 Å². The zero-order valence-electron chi connectivity index (χ0n) is 7.84. The molecule has 4 atom stereocenters. The van der Waals surface area contributed by atoms with E-state index in [2.05, 4.69) is 0 Å². The van der Waals surface area contributed by atoms with Crippen molar-refractivity contribution in [1.29, 1.82) is 0 Å². The predicted molar refractivity (Wildman–Crippen MR) is 44.2 cm³/mol. The number of aliphatic hydroxyl groups excluding tert-OH is 2. The van der Waals surface area contributed by atoms with E-state index in [0.717, 1.165) is 0 Å². The quantitative estimate of drug-likeness (QED) is 0.607. The molecule has 1 rings (SSSR count). The third-order valence-electron chi connectivity index (χ3n) is 2.25. The van der Waals surface area contributed by atoms with E-state index in [-0.39, 0.29) is 18.8 Å². The molecule has 1 aliphatic rings. The molecule has 13 heavy (non-hydrogen) atoms. The first-order valence-electron chi connectivity index (χ1n) is 4.23. The van der Waals surface area contributed by atoms with Crippen molar-refractivity contribution in [3.8, 4) is 0 Å². The SMILES string of the molecule is CO[C@@H]1[C@@H](OC)C[C@@H](CO)O[C@@H]1O. The summed E-state index contributed by atoms with van der Waals surface area (Å²) in [4.78, 5) is 0. The van der Waals surface area contributed by atoms with Gasteiger partial charge in [0, 0.05) is 20.6 Å². The molecule has 0 spiro atoms. The van der Waals surface area contributed by atoms with E-state index in [0.29, 0.717) is 6.42 Å². The van der Waals surface area contributed by atoms with Crippen molar-refractivity contribution in [3.05, 3.63) is 0 Å². The molecule has 0 aromatic heterocycles. The number of rotatable bonds is 3. The van der Waals surface area contributed by atoms with Crippen LogP contribution >= 0.6 is 0 Å². The Morgan fingerprint density at radius 2 is 2.08 bits per heavy atom. The Labute approximate surface area is 77.2 Å². The number of hydrogen-bond acceptors (Lipinski definition) is 5. The molecular weight excluding hydrogens is 176 g/mol. The van der Waals surface area contributed by atoms with Crippen molar-refractivity contribution in [3.63, 3.8) is 0 Å². The van der Waals surface area contributed by atoms with Crippen LogP contribution in [0, 0.1) is 0 Å². The molecule has 78 valence electrons. The summed E-state index contributed by atoms with van der Waals surface area (Å²) in [6.07, 6.45) is -1.58. The molecule has 0 aromatic rings. The van der Waals surface area contributed by atoms with Gasteiger partial charge in [-0.15, -0.1) is 0 Å². The van der Waals surface area contributed by atoms with Crippen LogP contribution in [0.2, 0.25) is 0 Å². The number of methoxy groups -OCH3 is 2. The lowest BCUT2D eigenvalue weighted by Crippen LogP contribution is -2.50. The van der Waals surface area contributed by atoms with Crippen molar-refractivity contribution in [1.82, 2.24) is 0 Å². The number of aliphatic hydroxyl groups is 2. The van der Waals surface area contributed by atoms with Crippen LogP contribution in [0.15, 0.2) is 0 Å². The standard InChI is InChI=1S/C8H16O5/c1-11-6-3-5(4-9)13-8(10)7(6)12-2/h5-10H,3-4H2,1-2H3/t5-,6-,7+,8-/m0/s1. The molecule has 0 radical (unpaired) electrons. The molecule has 0 bridgehead atoms. The maximum absolute atomic E-state index is 9.43. The normalized spacial score (nSPS) is 40.6. The molecule has 1 aliphatic heterocycles. The minimum atomic E-state index is -1.03. The largest absolute Gasteiger partial charge is 0.394 e. The van der Waals surface area contributed by atoms with E-state index in [1.165, 1.54) is 7.11 Å². The molecule has 0 saturated carbocycles. The molecule has 0 unspecified atom stereocenters. The third kappa shape index (κ3) is 2.38. The summed E-state index contributed by atoms with van der Waals surface area (Å²) in [6, 6.07) is 0. The Morgan fingerprint density at radius 3 is 2.54 bits per heavy atom. The second kappa shape index (κ2) is 4.88. The minimum Gasteiger partial charge on any atom is -0.394 e. The fraction of sp³-hybridized carbons (Fsp3) is 1.00. The molecule has 1 heterocycles. The summed E-state index contributed by atoms with van der Waals surface area (Å²) in [6.45, 7) is -0.118. The Balaban J connectivity index is 2.57. The van der Waals surface area contributed by atoms with Crippen LogP contribution in [0.4, 0.5) is 0 Å². The minimum absolute atomic E-state index is 0.118. The van der Waals surface area contributed by atoms with Gasteiger partial charge in [0.15, 0.2) is 6.29 Å². The Morgan fingerprint density at radius 1 is 1.38 bits per heavy atom. The maximum Gasteiger partial charge on any atom is 0.184 e. The van der Waals surface area contributed by atoms with Crippen molar-refractivity contribution < 1.29 is 24.4 Å². The molecule has 5 heteroatoms. The van der Waals surface area contributed by atoms with Gasteiger partial charge in [-0.2, -0.15) is 0 Å². The summed E-state index contributed by atoms with van der Waals surface area (Å²) in [5.74, 6) is 0. The molecule has 0 aromatic carbocycles. The molecule has 2 N–H and O–H groups in total. The molecule has 1 fully saturated rings. The molecule has 0 amide bonds.